The molecule has 0 aliphatic heterocycles. The number of methoxy groups -OCH3 is 1. The minimum Gasteiger partial charge on any atom is -0.478 e. The van der Waals surface area contributed by atoms with Crippen molar-refractivity contribution in [2.45, 2.75) is 13.8 Å². The Morgan fingerprint density at radius 3 is 2.15 bits per heavy atom. The molecule has 0 atom stereocenters. The van der Waals surface area contributed by atoms with Gasteiger partial charge in [-0.15, -0.1) is 0 Å². The fourth-order valence-electron chi connectivity index (χ4n) is 2.62. The highest BCUT2D eigenvalue weighted by atomic mass is 35.5. The van der Waals surface area contributed by atoms with Crippen LogP contribution in [-0.4, -0.2) is 35.8 Å². The summed E-state index contributed by atoms with van der Waals surface area (Å²) in [5.41, 5.74) is -0.433. The quantitative estimate of drug-likeness (QED) is 0.597. The SMILES string of the molecule is COC(=O)c1c(C)c(C(C)=O)cc(NC(=O)c2ccc(Cl)cc2)c1C(=O)O. The molecule has 27 heavy (non-hydrogen) atoms. The Hall–Kier alpha value is -3.19. The Kier molecular flexibility index (Phi) is 5.97. The highest BCUT2D eigenvalue weighted by molar-refractivity contribution is 6.30. The Morgan fingerprint density at radius 2 is 1.67 bits per heavy atom. The Labute approximate surface area is 159 Å². The number of nitrogens with one attached hydrogen (secondary N) is 1. The van der Waals surface area contributed by atoms with E-state index in [1.54, 1.807) is 0 Å². The van der Waals surface area contributed by atoms with Crippen molar-refractivity contribution < 1.29 is 29.0 Å². The lowest BCUT2D eigenvalue weighted by Gasteiger charge is -2.17. The van der Waals surface area contributed by atoms with E-state index >= 15 is 0 Å². The van der Waals surface area contributed by atoms with Crippen LogP contribution in [0.15, 0.2) is 30.3 Å². The number of ether oxygens (including phenoxy) is 1. The second kappa shape index (κ2) is 8.01. The third-order valence-corrected chi connectivity index (χ3v) is 4.18. The monoisotopic (exact) mass is 389 g/mol. The van der Waals surface area contributed by atoms with E-state index in [1.165, 1.54) is 44.2 Å². The normalized spacial score (nSPS) is 10.2. The summed E-state index contributed by atoms with van der Waals surface area (Å²) in [5.74, 6) is -3.38. The van der Waals surface area contributed by atoms with E-state index in [1.807, 2.05) is 0 Å². The van der Waals surface area contributed by atoms with E-state index in [-0.39, 0.29) is 27.9 Å². The summed E-state index contributed by atoms with van der Waals surface area (Å²) < 4.78 is 4.66. The summed E-state index contributed by atoms with van der Waals surface area (Å²) >= 11 is 5.79. The molecule has 1 amide bonds. The van der Waals surface area contributed by atoms with E-state index in [9.17, 15) is 24.3 Å². The van der Waals surface area contributed by atoms with Crippen molar-refractivity contribution in [3.05, 3.63) is 63.2 Å². The van der Waals surface area contributed by atoms with E-state index in [4.69, 9.17) is 11.6 Å². The molecule has 0 unspecified atom stereocenters. The van der Waals surface area contributed by atoms with Gasteiger partial charge in [-0.25, -0.2) is 9.59 Å². The maximum atomic E-state index is 12.5. The lowest BCUT2D eigenvalue weighted by molar-refractivity contribution is 0.0582. The van der Waals surface area contributed by atoms with Gasteiger partial charge in [0.05, 0.1) is 23.9 Å². The van der Waals surface area contributed by atoms with Crippen LogP contribution in [0.3, 0.4) is 0 Å². The van der Waals surface area contributed by atoms with Crippen molar-refractivity contribution in [1.29, 1.82) is 0 Å². The average molecular weight is 390 g/mol. The fraction of sp³-hybridized carbons (Fsp3) is 0.158. The molecule has 0 saturated heterocycles. The van der Waals surface area contributed by atoms with Gasteiger partial charge in [-0.3, -0.25) is 9.59 Å². The summed E-state index contributed by atoms with van der Waals surface area (Å²) in [7, 11) is 1.10. The van der Waals surface area contributed by atoms with E-state index in [0.717, 1.165) is 7.11 Å². The summed E-state index contributed by atoms with van der Waals surface area (Å²) in [5, 5.41) is 12.5. The maximum Gasteiger partial charge on any atom is 0.339 e. The number of hydrogen-bond acceptors (Lipinski definition) is 5. The van der Waals surface area contributed by atoms with E-state index in [0.29, 0.717) is 5.02 Å². The molecule has 0 heterocycles. The standard InChI is InChI=1S/C19H16ClNO6/c1-9-13(10(2)22)8-14(16(18(24)25)15(9)19(26)27-3)21-17(23)11-4-6-12(20)7-5-11/h4-8H,1-3H3,(H,21,23)(H,24,25). The molecule has 2 aromatic rings. The summed E-state index contributed by atoms with van der Waals surface area (Å²) in [6.45, 7) is 2.72. The highest BCUT2D eigenvalue weighted by Gasteiger charge is 2.28. The Balaban J connectivity index is 2.66. The largest absolute Gasteiger partial charge is 0.478 e. The number of aromatic carboxylic acids is 1. The molecule has 2 aromatic carbocycles. The lowest BCUT2D eigenvalue weighted by Crippen LogP contribution is -2.21. The minimum atomic E-state index is -1.44. The van der Waals surface area contributed by atoms with Crippen molar-refractivity contribution in [3.63, 3.8) is 0 Å². The third kappa shape index (κ3) is 4.15. The summed E-state index contributed by atoms with van der Waals surface area (Å²) in [6, 6.07) is 7.16. The van der Waals surface area contributed by atoms with Crippen molar-refractivity contribution in [2.24, 2.45) is 0 Å². The molecular weight excluding hydrogens is 374 g/mol. The smallest absolute Gasteiger partial charge is 0.339 e. The van der Waals surface area contributed by atoms with Gasteiger partial charge in [0, 0.05) is 16.1 Å². The molecule has 0 spiro atoms. The number of halogens is 1. The third-order valence-electron chi connectivity index (χ3n) is 3.92. The number of esters is 1. The van der Waals surface area contributed by atoms with Crippen LogP contribution >= 0.6 is 11.6 Å². The van der Waals surface area contributed by atoms with Crippen LogP contribution in [0.2, 0.25) is 5.02 Å². The zero-order chi connectivity index (χ0) is 20.3. The van der Waals surface area contributed by atoms with Crippen molar-refractivity contribution in [1.82, 2.24) is 0 Å². The molecule has 7 nitrogen and oxygen atoms in total. The topological polar surface area (TPSA) is 110 Å². The first-order chi connectivity index (χ1) is 12.7. The number of carbonyl (C=O) groups is 4. The Bertz CT molecular complexity index is 950. The number of hydrogen-bond donors (Lipinski definition) is 2. The van der Waals surface area contributed by atoms with Crippen LogP contribution in [0, 0.1) is 6.92 Å². The predicted octanol–water partition coefficient (Wildman–Crippen LogP) is 3.59. The molecule has 0 aromatic heterocycles. The average Bonchev–Trinajstić information content (AvgIpc) is 2.61. The maximum absolute atomic E-state index is 12.5. The number of Topliss-reactive ketones (excluding diaryl/α,β-unsaturated/α-hetero) is 1. The molecule has 8 heteroatoms. The van der Waals surface area contributed by atoms with Gasteiger partial charge in [-0.1, -0.05) is 11.6 Å². The van der Waals surface area contributed by atoms with Gasteiger partial charge in [-0.2, -0.15) is 0 Å². The molecule has 2 rings (SSSR count). The predicted molar refractivity (Wildman–Crippen MR) is 98.9 cm³/mol. The zero-order valence-corrected chi connectivity index (χ0v) is 15.5. The number of benzene rings is 2. The fourth-order valence-corrected chi connectivity index (χ4v) is 2.75. The van der Waals surface area contributed by atoms with Gasteiger partial charge in [0.2, 0.25) is 0 Å². The number of carbonyl (C=O) groups excluding carboxylic acids is 3. The first-order valence-electron chi connectivity index (χ1n) is 7.74. The summed E-state index contributed by atoms with van der Waals surface area (Å²) in [6.07, 6.45) is 0. The van der Waals surface area contributed by atoms with Gasteiger partial charge in [0.25, 0.3) is 5.91 Å². The number of carboxylic acids is 1. The van der Waals surface area contributed by atoms with Crippen LogP contribution in [-0.2, 0) is 4.74 Å². The number of rotatable bonds is 5. The van der Waals surface area contributed by atoms with Crippen molar-refractivity contribution in [2.75, 3.05) is 12.4 Å². The Morgan fingerprint density at radius 1 is 1.07 bits per heavy atom. The van der Waals surface area contributed by atoms with Crippen LogP contribution in [0.4, 0.5) is 5.69 Å². The van der Waals surface area contributed by atoms with Crippen LogP contribution in [0.5, 0.6) is 0 Å². The number of ketones is 1. The van der Waals surface area contributed by atoms with Crippen LogP contribution in [0.1, 0.15) is 53.9 Å². The molecule has 140 valence electrons. The summed E-state index contributed by atoms with van der Waals surface area (Å²) in [4.78, 5) is 48.4. The van der Waals surface area contributed by atoms with Gasteiger partial charge >= 0.3 is 11.9 Å². The van der Waals surface area contributed by atoms with Gasteiger partial charge in [0.1, 0.15) is 0 Å². The molecule has 0 radical (unpaired) electrons. The molecule has 0 saturated carbocycles. The highest BCUT2D eigenvalue weighted by Crippen LogP contribution is 2.29. The first kappa shape index (κ1) is 20.1. The molecule has 0 bridgehead atoms. The number of carboxylic acid groups (broad SMARTS) is 1. The molecule has 0 aliphatic rings. The van der Waals surface area contributed by atoms with Gasteiger partial charge in [-0.05, 0) is 49.7 Å². The molecular formula is C19H16ClNO6. The second-order valence-electron chi connectivity index (χ2n) is 5.66. The van der Waals surface area contributed by atoms with Crippen molar-refractivity contribution in [3.8, 4) is 0 Å². The van der Waals surface area contributed by atoms with E-state index < -0.39 is 29.2 Å². The number of amides is 1. The van der Waals surface area contributed by atoms with Crippen LogP contribution < -0.4 is 5.32 Å². The van der Waals surface area contributed by atoms with Gasteiger partial charge in [0.15, 0.2) is 5.78 Å². The van der Waals surface area contributed by atoms with Crippen molar-refractivity contribution >= 4 is 40.9 Å². The van der Waals surface area contributed by atoms with Crippen LogP contribution in [0.25, 0.3) is 0 Å². The zero-order valence-electron chi connectivity index (χ0n) is 14.8. The molecule has 0 fully saturated rings. The number of anilines is 1. The van der Waals surface area contributed by atoms with E-state index in [2.05, 4.69) is 10.1 Å². The molecule has 2 N–H and O–H groups in total. The first-order valence-corrected chi connectivity index (χ1v) is 8.12. The van der Waals surface area contributed by atoms with Gasteiger partial charge < -0.3 is 15.2 Å². The lowest BCUT2D eigenvalue weighted by atomic mass is 9.93. The molecule has 0 aliphatic carbocycles. The second-order valence-corrected chi connectivity index (χ2v) is 6.10. The minimum absolute atomic E-state index is 0.104.